The van der Waals surface area contributed by atoms with Crippen LogP contribution in [0.2, 0.25) is 0 Å². The number of ether oxygens (including phenoxy) is 5. The molecule has 0 unspecified atom stereocenters. The molecular formula is C43H29FO9. The van der Waals surface area contributed by atoms with Crippen LogP contribution in [0.15, 0.2) is 123 Å². The Bertz CT molecular complexity index is 2260. The minimum atomic E-state index is -0.946. The van der Waals surface area contributed by atoms with Crippen LogP contribution >= 0.6 is 0 Å². The predicted octanol–water partition coefficient (Wildman–Crippen LogP) is 7.38. The molecule has 0 fully saturated rings. The largest absolute Gasteiger partial charge is 0.493 e. The van der Waals surface area contributed by atoms with E-state index in [1.807, 2.05) is 0 Å². The Morgan fingerprint density at radius 1 is 0.585 bits per heavy atom. The van der Waals surface area contributed by atoms with Crippen molar-refractivity contribution in [2.75, 3.05) is 7.11 Å². The molecule has 9 nitrogen and oxygen atoms in total. The van der Waals surface area contributed by atoms with Gasteiger partial charge < -0.3 is 23.7 Å². The smallest absolute Gasteiger partial charge is 0.344 e. The molecule has 53 heavy (non-hydrogen) atoms. The number of carbonyl (C=O) groups is 4. The van der Waals surface area contributed by atoms with Crippen molar-refractivity contribution < 1.29 is 47.3 Å². The molecule has 0 aliphatic heterocycles. The zero-order chi connectivity index (χ0) is 38.3. The quantitative estimate of drug-likeness (QED) is 0.0518. The Hall–Kier alpha value is -7.69. The molecule has 0 aliphatic rings. The van der Waals surface area contributed by atoms with Crippen LogP contribution in [0.5, 0.6) is 23.0 Å². The lowest BCUT2D eigenvalue weighted by Gasteiger charge is -2.16. The number of halogens is 1. The Kier molecular flexibility index (Phi) is 13.2. The van der Waals surface area contributed by atoms with E-state index in [2.05, 4.69) is 50.2 Å². The molecule has 4 aromatic carbocycles. The molecule has 262 valence electrons. The predicted molar refractivity (Wildman–Crippen MR) is 197 cm³/mol. The van der Waals surface area contributed by atoms with Crippen molar-refractivity contribution in [1.82, 2.24) is 0 Å². The van der Waals surface area contributed by atoms with Crippen molar-refractivity contribution in [3.8, 4) is 58.0 Å². The minimum Gasteiger partial charge on any atom is -0.493 e. The summed E-state index contributed by atoms with van der Waals surface area (Å²) in [5.74, 6) is 4.30. The number of carbonyl (C=O) groups excluding carboxylic acids is 4. The van der Waals surface area contributed by atoms with E-state index >= 15 is 4.39 Å². The van der Waals surface area contributed by atoms with E-state index in [0.717, 1.165) is 35.4 Å². The van der Waals surface area contributed by atoms with Gasteiger partial charge in [0.15, 0.2) is 17.3 Å². The highest BCUT2D eigenvalue weighted by Crippen LogP contribution is 2.39. The number of hydrogen-bond donors (Lipinski definition) is 0. The van der Waals surface area contributed by atoms with Gasteiger partial charge in [-0.05, 0) is 65.1 Å². The molecule has 0 bridgehead atoms. The molecule has 0 aromatic heterocycles. The van der Waals surface area contributed by atoms with E-state index in [0.29, 0.717) is 16.9 Å². The Balaban J connectivity index is 1.81. The number of benzene rings is 4. The zero-order valence-electron chi connectivity index (χ0n) is 28.3. The van der Waals surface area contributed by atoms with Gasteiger partial charge >= 0.3 is 23.9 Å². The fraction of sp³-hybridized carbons (Fsp3) is 0.0233. The average molecular weight is 709 g/mol. The van der Waals surface area contributed by atoms with Gasteiger partial charge in [-0.15, -0.1) is 0 Å². The lowest BCUT2D eigenvalue weighted by molar-refractivity contribution is -0.131. The summed E-state index contributed by atoms with van der Waals surface area (Å²) in [4.78, 5) is 47.4. The number of esters is 4. The van der Waals surface area contributed by atoms with Gasteiger partial charge in [0.2, 0.25) is 0 Å². The summed E-state index contributed by atoms with van der Waals surface area (Å²) in [7, 11) is 1.22. The molecular weight excluding hydrogens is 679 g/mol. The van der Waals surface area contributed by atoms with Crippen LogP contribution in [0.3, 0.4) is 0 Å². The average Bonchev–Trinajstić information content (AvgIpc) is 3.18. The van der Waals surface area contributed by atoms with Crippen LogP contribution < -0.4 is 18.9 Å². The molecule has 0 spiro atoms. The van der Waals surface area contributed by atoms with Gasteiger partial charge in [0, 0.05) is 29.9 Å². The lowest BCUT2D eigenvalue weighted by atomic mass is 9.98. The maximum atomic E-state index is 16.4. The Morgan fingerprint density at radius 3 is 1.62 bits per heavy atom. The second-order valence-corrected chi connectivity index (χ2v) is 10.3. The van der Waals surface area contributed by atoms with E-state index in [4.69, 9.17) is 23.7 Å². The second kappa shape index (κ2) is 18.3. The van der Waals surface area contributed by atoms with Crippen LogP contribution in [0.25, 0.3) is 23.3 Å². The highest BCUT2D eigenvalue weighted by molar-refractivity contribution is 5.88. The topological polar surface area (TPSA) is 114 Å². The third-order valence-electron chi connectivity index (χ3n) is 6.95. The third kappa shape index (κ3) is 10.2. The van der Waals surface area contributed by atoms with Gasteiger partial charge in [0.05, 0.1) is 23.8 Å². The first-order valence-corrected chi connectivity index (χ1v) is 15.4. The van der Waals surface area contributed by atoms with Crippen LogP contribution in [0.1, 0.15) is 27.8 Å². The second-order valence-electron chi connectivity index (χ2n) is 10.3. The van der Waals surface area contributed by atoms with Gasteiger partial charge in [-0.1, -0.05) is 80.6 Å². The molecule has 0 amide bonds. The van der Waals surface area contributed by atoms with Crippen LogP contribution in [-0.2, 0) is 23.9 Å². The molecule has 0 atom stereocenters. The Morgan fingerprint density at radius 2 is 1.09 bits per heavy atom. The van der Waals surface area contributed by atoms with Gasteiger partial charge in [0.25, 0.3) is 0 Å². The van der Waals surface area contributed by atoms with Crippen LogP contribution in [-0.4, -0.2) is 31.0 Å². The van der Waals surface area contributed by atoms with Crippen molar-refractivity contribution in [3.05, 3.63) is 157 Å². The standard InChI is InChI=1S/C43H29FO9/c1-6-37(45)50-27-26-35-34(24-14-28-10-16-30(17-11-28)31-18-22-33(23-19-31)52-39(47)8-3)41(44)43(49-5)36(42(35)53-40(48)9-4)25-15-29-12-20-32(21-13-29)51-38(46)7-2/h6-13,15-23,25H,1-4H2,5H3/b25-15+. The Labute approximate surface area is 304 Å². The molecule has 10 heteroatoms. The lowest BCUT2D eigenvalue weighted by Crippen LogP contribution is -2.10. The highest BCUT2D eigenvalue weighted by Gasteiger charge is 2.25. The fourth-order valence-corrected chi connectivity index (χ4v) is 4.44. The minimum absolute atomic E-state index is 0.0399. The van der Waals surface area contributed by atoms with E-state index in [1.165, 1.54) is 25.3 Å². The first kappa shape index (κ1) is 38.1. The van der Waals surface area contributed by atoms with E-state index < -0.39 is 29.7 Å². The van der Waals surface area contributed by atoms with Crippen LogP contribution in [0.4, 0.5) is 4.39 Å². The van der Waals surface area contributed by atoms with E-state index in [9.17, 15) is 19.2 Å². The summed E-state index contributed by atoms with van der Waals surface area (Å²) in [6.45, 7) is 13.5. The van der Waals surface area contributed by atoms with Gasteiger partial charge in [0.1, 0.15) is 17.6 Å². The monoisotopic (exact) mass is 708 g/mol. The SMILES string of the molecule is C=CC(=O)OC#Cc1c(C#Cc2ccc(-c3ccc(OC(=O)C=C)cc3)cc2)c(F)c(OC)c(/C=C/c2ccc(OC(=O)C=C)cc2)c1OC(=O)C=C. The summed E-state index contributed by atoms with van der Waals surface area (Å²) in [6.07, 6.45) is 9.05. The summed E-state index contributed by atoms with van der Waals surface area (Å²) < 4.78 is 42.5. The van der Waals surface area contributed by atoms with E-state index in [1.54, 1.807) is 66.7 Å². The molecule has 0 N–H and O–H groups in total. The first-order chi connectivity index (χ1) is 25.6. The van der Waals surface area contributed by atoms with Crippen molar-refractivity contribution in [1.29, 1.82) is 0 Å². The van der Waals surface area contributed by atoms with Crippen molar-refractivity contribution >= 4 is 36.0 Å². The number of rotatable bonds is 11. The van der Waals surface area contributed by atoms with Gasteiger partial charge in [-0.3, -0.25) is 0 Å². The fourth-order valence-electron chi connectivity index (χ4n) is 4.44. The first-order valence-electron chi connectivity index (χ1n) is 15.4. The van der Waals surface area contributed by atoms with Crippen LogP contribution in [0, 0.1) is 29.7 Å². The zero-order valence-corrected chi connectivity index (χ0v) is 28.3. The van der Waals surface area contributed by atoms with E-state index in [-0.39, 0.29) is 33.9 Å². The van der Waals surface area contributed by atoms with Gasteiger partial charge in [-0.25, -0.2) is 23.6 Å². The maximum Gasteiger partial charge on any atom is 0.344 e. The summed E-state index contributed by atoms with van der Waals surface area (Å²) in [5.41, 5.74) is 2.12. The van der Waals surface area contributed by atoms with Gasteiger partial charge in [-0.2, -0.15) is 0 Å². The number of methoxy groups -OCH3 is 1. The molecule has 0 radical (unpaired) electrons. The van der Waals surface area contributed by atoms with Crippen molar-refractivity contribution in [2.45, 2.75) is 0 Å². The summed E-state index contributed by atoms with van der Waals surface area (Å²) >= 11 is 0. The highest BCUT2D eigenvalue weighted by atomic mass is 19.1. The summed E-state index contributed by atoms with van der Waals surface area (Å²) in [6, 6.07) is 20.2. The molecule has 4 aromatic rings. The third-order valence-corrected chi connectivity index (χ3v) is 6.95. The number of hydrogen-bond acceptors (Lipinski definition) is 9. The molecule has 0 aliphatic carbocycles. The molecule has 0 heterocycles. The molecule has 0 saturated carbocycles. The molecule has 0 saturated heterocycles. The van der Waals surface area contributed by atoms with Crippen molar-refractivity contribution in [3.63, 3.8) is 0 Å². The summed E-state index contributed by atoms with van der Waals surface area (Å²) in [5, 5.41) is 0. The normalized spacial score (nSPS) is 9.92. The maximum absolute atomic E-state index is 16.4. The molecule has 4 rings (SSSR count). The van der Waals surface area contributed by atoms with Crippen molar-refractivity contribution in [2.24, 2.45) is 0 Å².